The van der Waals surface area contributed by atoms with Crippen LogP contribution >= 0.6 is 11.6 Å². The Balaban J connectivity index is 1.62. The van der Waals surface area contributed by atoms with Crippen molar-refractivity contribution in [2.24, 2.45) is 5.92 Å². The van der Waals surface area contributed by atoms with Crippen molar-refractivity contribution < 1.29 is 9.18 Å². The number of likely N-dealkylation sites (tertiary alicyclic amines) is 1. The second-order valence-electron chi connectivity index (χ2n) is 9.69. The van der Waals surface area contributed by atoms with Gasteiger partial charge < -0.3 is 4.90 Å². The van der Waals surface area contributed by atoms with Gasteiger partial charge in [0.05, 0.1) is 17.3 Å². The molecule has 1 aliphatic rings. The summed E-state index contributed by atoms with van der Waals surface area (Å²) in [4.78, 5) is 28.4. The van der Waals surface area contributed by atoms with Crippen molar-refractivity contribution in [1.29, 1.82) is 0 Å². The normalized spacial score (nSPS) is 14.5. The second kappa shape index (κ2) is 11.3. The number of hydrogen-bond acceptors (Lipinski definition) is 4. The molecule has 4 rings (SSSR count). The van der Waals surface area contributed by atoms with E-state index in [2.05, 4.69) is 10.00 Å². The fourth-order valence-electron chi connectivity index (χ4n) is 4.53. The van der Waals surface area contributed by atoms with Gasteiger partial charge in [-0.3, -0.25) is 9.36 Å². The first-order valence-corrected chi connectivity index (χ1v) is 12.7. The standard InChI is InChI=1S/C27H32ClFN4O2/c1-19(2)16-23(34)18-32-26(21-8-11-25(29)24(28)17-21)30-33(27(32)35)22-9-6-20(7-10-22)12-15-31-13-4-3-5-14-31/h6-11,17,19H,3-5,12-16,18H2,1-2H3. The zero-order valence-electron chi connectivity index (χ0n) is 20.3. The SMILES string of the molecule is CC(C)CC(=O)Cn1c(-c2ccc(F)c(Cl)c2)nn(-c2ccc(CCN3CCCCC3)cc2)c1=O. The molecule has 0 radical (unpaired) electrons. The Morgan fingerprint density at radius 2 is 1.80 bits per heavy atom. The van der Waals surface area contributed by atoms with E-state index in [1.165, 1.54) is 52.3 Å². The first-order valence-electron chi connectivity index (χ1n) is 12.3. The van der Waals surface area contributed by atoms with E-state index in [0.717, 1.165) is 26.1 Å². The summed E-state index contributed by atoms with van der Waals surface area (Å²) in [5, 5.41) is 4.46. The summed E-state index contributed by atoms with van der Waals surface area (Å²) in [5.41, 5.74) is 1.87. The number of hydrogen-bond donors (Lipinski definition) is 0. The highest BCUT2D eigenvalue weighted by molar-refractivity contribution is 6.31. The van der Waals surface area contributed by atoms with E-state index >= 15 is 0 Å². The molecular weight excluding hydrogens is 467 g/mol. The van der Waals surface area contributed by atoms with Gasteiger partial charge in [-0.25, -0.2) is 9.18 Å². The van der Waals surface area contributed by atoms with E-state index in [0.29, 0.717) is 17.7 Å². The summed E-state index contributed by atoms with van der Waals surface area (Å²) >= 11 is 5.99. The number of carbonyl (C=O) groups excluding carboxylic acids is 1. The maximum absolute atomic E-state index is 13.8. The van der Waals surface area contributed by atoms with Crippen LogP contribution in [0.3, 0.4) is 0 Å². The fourth-order valence-corrected chi connectivity index (χ4v) is 4.71. The van der Waals surface area contributed by atoms with Crippen molar-refractivity contribution >= 4 is 17.4 Å². The molecule has 35 heavy (non-hydrogen) atoms. The molecule has 0 unspecified atom stereocenters. The number of piperidine rings is 1. The van der Waals surface area contributed by atoms with Crippen molar-refractivity contribution in [1.82, 2.24) is 19.2 Å². The van der Waals surface area contributed by atoms with E-state index < -0.39 is 11.5 Å². The van der Waals surface area contributed by atoms with Gasteiger partial charge in [-0.05, 0) is 74.2 Å². The molecule has 0 bridgehead atoms. The lowest BCUT2D eigenvalue weighted by atomic mass is 10.1. The van der Waals surface area contributed by atoms with Crippen LogP contribution < -0.4 is 5.69 Å². The first-order chi connectivity index (χ1) is 16.8. The number of halogens is 2. The van der Waals surface area contributed by atoms with Crippen LogP contribution in [0, 0.1) is 11.7 Å². The van der Waals surface area contributed by atoms with E-state index in [-0.39, 0.29) is 29.1 Å². The molecule has 1 aromatic heterocycles. The topological polar surface area (TPSA) is 60.1 Å². The highest BCUT2D eigenvalue weighted by Gasteiger charge is 2.20. The third-order valence-electron chi connectivity index (χ3n) is 6.36. The quantitative estimate of drug-likeness (QED) is 0.410. The Kier molecular flexibility index (Phi) is 8.19. The lowest BCUT2D eigenvalue weighted by Gasteiger charge is -2.26. The van der Waals surface area contributed by atoms with Crippen LogP contribution in [0.5, 0.6) is 0 Å². The number of rotatable bonds is 9. The van der Waals surface area contributed by atoms with Gasteiger partial charge >= 0.3 is 5.69 Å². The average Bonchev–Trinajstić information content (AvgIpc) is 3.16. The Morgan fingerprint density at radius 3 is 2.46 bits per heavy atom. The smallest absolute Gasteiger partial charge is 0.303 e. The minimum absolute atomic E-state index is 0.0656. The van der Waals surface area contributed by atoms with Crippen LogP contribution in [0.2, 0.25) is 5.02 Å². The Morgan fingerprint density at radius 1 is 1.09 bits per heavy atom. The number of ketones is 1. The molecule has 186 valence electrons. The van der Waals surface area contributed by atoms with Gasteiger partial charge in [-0.15, -0.1) is 5.10 Å². The van der Waals surface area contributed by atoms with Crippen LogP contribution in [-0.2, 0) is 17.8 Å². The Labute approximate surface area is 210 Å². The Hall–Kier alpha value is -2.77. The van der Waals surface area contributed by atoms with Gasteiger partial charge in [-0.2, -0.15) is 4.68 Å². The molecule has 0 saturated carbocycles. The van der Waals surface area contributed by atoms with Crippen molar-refractivity contribution in [2.45, 2.75) is 52.5 Å². The number of benzene rings is 2. The van der Waals surface area contributed by atoms with Gasteiger partial charge in [0, 0.05) is 18.5 Å². The molecule has 0 atom stereocenters. The third kappa shape index (κ3) is 6.27. The van der Waals surface area contributed by atoms with Gasteiger partial charge in [0.25, 0.3) is 0 Å². The number of carbonyl (C=O) groups is 1. The van der Waals surface area contributed by atoms with E-state index in [9.17, 15) is 14.0 Å². The van der Waals surface area contributed by atoms with Gasteiger partial charge in [0.2, 0.25) is 0 Å². The monoisotopic (exact) mass is 498 g/mol. The van der Waals surface area contributed by atoms with E-state index in [1.54, 1.807) is 0 Å². The van der Waals surface area contributed by atoms with Crippen LogP contribution in [-0.4, -0.2) is 44.7 Å². The molecule has 6 nitrogen and oxygen atoms in total. The van der Waals surface area contributed by atoms with Crippen molar-refractivity contribution in [3.8, 4) is 17.1 Å². The highest BCUT2D eigenvalue weighted by atomic mass is 35.5. The maximum atomic E-state index is 13.8. The van der Waals surface area contributed by atoms with Crippen molar-refractivity contribution in [3.63, 3.8) is 0 Å². The van der Waals surface area contributed by atoms with E-state index in [1.807, 2.05) is 38.1 Å². The molecule has 1 fully saturated rings. The van der Waals surface area contributed by atoms with Gasteiger partial charge in [0.15, 0.2) is 11.6 Å². The Bertz CT molecular complexity index is 1230. The van der Waals surface area contributed by atoms with Crippen LogP contribution in [0.1, 0.15) is 45.1 Å². The minimum Gasteiger partial charge on any atom is -0.303 e. The predicted octanol–water partition coefficient (Wildman–Crippen LogP) is 5.14. The van der Waals surface area contributed by atoms with Crippen LogP contribution in [0.15, 0.2) is 47.3 Å². The number of Topliss-reactive ketones (excluding diaryl/α,β-unsaturated/α-hetero) is 1. The zero-order valence-corrected chi connectivity index (χ0v) is 21.1. The van der Waals surface area contributed by atoms with Gasteiger partial charge in [0.1, 0.15) is 5.82 Å². The third-order valence-corrected chi connectivity index (χ3v) is 6.65. The first kappa shape index (κ1) is 25.3. The summed E-state index contributed by atoms with van der Waals surface area (Å²) in [6.07, 6.45) is 5.17. The summed E-state index contributed by atoms with van der Waals surface area (Å²) in [6, 6.07) is 12.0. The molecule has 2 heterocycles. The second-order valence-corrected chi connectivity index (χ2v) is 10.1. The predicted molar refractivity (Wildman–Crippen MR) is 137 cm³/mol. The fraction of sp³-hybridized carbons (Fsp3) is 0.444. The minimum atomic E-state index is -0.556. The van der Waals surface area contributed by atoms with Crippen molar-refractivity contribution in [3.05, 3.63) is 69.4 Å². The molecule has 8 heteroatoms. The van der Waals surface area contributed by atoms with Crippen molar-refractivity contribution in [2.75, 3.05) is 19.6 Å². The number of aromatic nitrogens is 3. The molecule has 1 aliphatic heterocycles. The molecule has 2 aromatic carbocycles. The molecule has 0 spiro atoms. The number of nitrogens with zero attached hydrogens (tertiary/aromatic N) is 4. The van der Waals surface area contributed by atoms with Crippen LogP contribution in [0.4, 0.5) is 4.39 Å². The molecule has 3 aromatic rings. The van der Waals surface area contributed by atoms with Crippen LogP contribution in [0.25, 0.3) is 17.1 Å². The lowest BCUT2D eigenvalue weighted by molar-refractivity contribution is -0.120. The molecule has 0 amide bonds. The molecule has 0 aliphatic carbocycles. The molecule has 0 N–H and O–H groups in total. The maximum Gasteiger partial charge on any atom is 0.351 e. The largest absolute Gasteiger partial charge is 0.351 e. The summed E-state index contributed by atoms with van der Waals surface area (Å²) in [7, 11) is 0. The van der Waals surface area contributed by atoms with Gasteiger partial charge in [-0.1, -0.05) is 44.0 Å². The lowest BCUT2D eigenvalue weighted by Crippen LogP contribution is -2.31. The highest BCUT2D eigenvalue weighted by Crippen LogP contribution is 2.24. The summed E-state index contributed by atoms with van der Waals surface area (Å²) < 4.78 is 16.4. The summed E-state index contributed by atoms with van der Waals surface area (Å²) in [6.45, 7) is 7.17. The zero-order chi connectivity index (χ0) is 24.9. The molecular formula is C27H32ClFN4O2. The van der Waals surface area contributed by atoms with E-state index in [4.69, 9.17) is 11.6 Å². The average molecular weight is 499 g/mol. The molecule has 1 saturated heterocycles. The summed E-state index contributed by atoms with van der Waals surface area (Å²) in [5.74, 6) is -0.165.